The van der Waals surface area contributed by atoms with E-state index in [4.69, 9.17) is 9.90 Å². The maximum absolute atomic E-state index is 9.00. The van der Waals surface area contributed by atoms with Gasteiger partial charge in [-0.2, -0.15) is 0 Å². The third-order valence-electron chi connectivity index (χ3n) is 0.870. The minimum absolute atomic E-state index is 0.833. The molecule has 0 aliphatic rings. The summed E-state index contributed by atoms with van der Waals surface area (Å²) in [6.45, 7) is 1.08. The largest absolute Gasteiger partial charge is 0.481 e. The van der Waals surface area contributed by atoms with Crippen LogP contribution in [0.25, 0.3) is 0 Å². The molecule has 3 nitrogen and oxygen atoms in total. The molecular weight excluding hydrogens is 174 g/mol. The minimum atomic E-state index is -0.833. The molecular formula is C8H11NO2S. The molecule has 0 saturated heterocycles. The molecule has 0 aliphatic carbocycles. The van der Waals surface area contributed by atoms with E-state index in [0.717, 1.165) is 6.92 Å². The Kier molecular flexibility index (Phi) is 6.09. The predicted molar refractivity (Wildman–Crippen MR) is 49.3 cm³/mol. The summed E-state index contributed by atoms with van der Waals surface area (Å²) in [5.41, 5.74) is 0. The molecule has 0 saturated carbocycles. The molecule has 0 aromatic carbocycles. The smallest absolute Gasteiger partial charge is 0.300 e. The van der Waals surface area contributed by atoms with E-state index in [0.29, 0.717) is 0 Å². The number of hydrogen-bond donors (Lipinski definition) is 1. The second-order valence-electron chi connectivity index (χ2n) is 1.91. The maximum Gasteiger partial charge on any atom is 0.300 e. The van der Waals surface area contributed by atoms with Crippen molar-refractivity contribution in [3.05, 3.63) is 24.5 Å². The van der Waals surface area contributed by atoms with E-state index in [1.807, 2.05) is 24.6 Å². The fourth-order valence-corrected chi connectivity index (χ4v) is 0.849. The summed E-state index contributed by atoms with van der Waals surface area (Å²) >= 11 is 1.71. The molecule has 0 unspecified atom stereocenters. The van der Waals surface area contributed by atoms with Crippen LogP contribution in [0.15, 0.2) is 29.4 Å². The summed E-state index contributed by atoms with van der Waals surface area (Å²) in [6, 6.07) is 3.98. The summed E-state index contributed by atoms with van der Waals surface area (Å²) in [7, 11) is 0. The van der Waals surface area contributed by atoms with Gasteiger partial charge in [0.05, 0.1) is 0 Å². The number of pyridine rings is 1. The summed E-state index contributed by atoms with van der Waals surface area (Å²) in [4.78, 5) is 14.1. The van der Waals surface area contributed by atoms with Gasteiger partial charge in [-0.1, -0.05) is 0 Å². The Morgan fingerprint density at radius 1 is 1.67 bits per heavy atom. The van der Waals surface area contributed by atoms with E-state index in [2.05, 4.69) is 4.98 Å². The first-order valence-electron chi connectivity index (χ1n) is 3.30. The Morgan fingerprint density at radius 2 is 2.25 bits per heavy atom. The first-order chi connectivity index (χ1) is 5.66. The Bertz CT molecular complexity index is 222. The van der Waals surface area contributed by atoms with Gasteiger partial charge in [0.15, 0.2) is 0 Å². The molecule has 0 fully saturated rings. The van der Waals surface area contributed by atoms with Crippen molar-refractivity contribution in [2.45, 2.75) is 11.8 Å². The standard InChI is InChI=1S/C6H7NS.C2H4O2/c1-8-6-3-2-4-7-5-6;1-2(3)4/h2-5H,1H3;1H3,(H,3,4). The molecule has 0 aliphatic heterocycles. The zero-order valence-corrected chi connectivity index (χ0v) is 7.84. The number of carboxylic acids is 1. The molecule has 1 aromatic rings. The zero-order chi connectivity index (χ0) is 9.40. The van der Waals surface area contributed by atoms with Gasteiger partial charge in [-0.25, -0.2) is 0 Å². The van der Waals surface area contributed by atoms with E-state index in [9.17, 15) is 0 Å². The van der Waals surface area contributed by atoms with Gasteiger partial charge in [0.1, 0.15) is 0 Å². The number of carbonyl (C=O) groups is 1. The zero-order valence-electron chi connectivity index (χ0n) is 7.02. The van der Waals surface area contributed by atoms with E-state index >= 15 is 0 Å². The highest BCUT2D eigenvalue weighted by atomic mass is 32.2. The average Bonchev–Trinajstić information content (AvgIpc) is 2.05. The molecule has 0 amide bonds. The van der Waals surface area contributed by atoms with Crippen molar-refractivity contribution >= 4 is 17.7 Å². The molecule has 1 N–H and O–H groups in total. The molecule has 0 spiro atoms. The number of rotatable bonds is 1. The summed E-state index contributed by atoms with van der Waals surface area (Å²) in [5.74, 6) is -0.833. The van der Waals surface area contributed by atoms with Crippen molar-refractivity contribution in [1.29, 1.82) is 0 Å². The van der Waals surface area contributed by atoms with Gasteiger partial charge in [0.25, 0.3) is 5.97 Å². The van der Waals surface area contributed by atoms with Crippen LogP contribution >= 0.6 is 11.8 Å². The number of aliphatic carboxylic acids is 1. The van der Waals surface area contributed by atoms with Gasteiger partial charge in [-0.3, -0.25) is 9.78 Å². The SMILES string of the molecule is CC(=O)O.CSc1cccnc1. The van der Waals surface area contributed by atoms with Gasteiger partial charge in [-0.05, 0) is 18.4 Å². The van der Waals surface area contributed by atoms with E-state index in [1.165, 1.54) is 4.90 Å². The number of aromatic nitrogens is 1. The van der Waals surface area contributed by atoms with Crippen molar-refractivity contribution in [2.24, 2.45) is 0 Å². The van der Waals surface area contributed by atoms with Crippen LogP contribution in [-0.4, -0.2) is 22.3 Å². The first-order valence-corrected chi connectivity index (χ1v) is 4.53. The third kappa shape index (κ3) is 7.08. The first kappa shape index (κ1) is 11.0. The lowest BCUT2D eigenvalue weighted by Crippen LogP contribution is -1.78. The lowest BCUT2D eigenvalue weighted by Gasteiger charge is -1.88. The number of hydrogen-bond acceptors (Lipinski definition) is 3. The number of nitrogens with zero attached hydrogens (tertiary/aromatic N) is 1. The lowest BCUT2D eigenvalue weighted by molar-refractivity contribution is -0.134. The third-order valence-corrected chi connectivity index (χ3v) is 1.58. The molecule has 1 rings (SSSR count). The molecule has 1 heterocycles. The van der Waals surface area contributed by atoms with Crippen LogP contribution in [0.1, 0.15) is 6.92 Å². The Hall–Kier alpha value is -1.03. The molecule has 1 aromatic heterocycles. The van der Waals surface area contributed by atoms with Crippen molar-refractivity contribution in [3.63, 3.8) is 0 Å². The van der Waals surface area contributed by atoms with E-state index in [-0.39, 0.29) is 0 Å². The Morgan fingerprint density at radius 3 is 2.50 bits per heavy atom. The van der Waals surface area contributed by atoms with Crippen LogP contribution in [0, 0.1) is 0 Å². The molecule has 0 atom stereocenters. The number of carboxylic acid groups (broad SMARTS) is 1. The summed E-state index contributed by atoms with van der Waals surface area (Å²) in [5, 5.41) is 7.42. The quantitative estimate of drug-likeness (QED) is 0.679. The van der Waals surface area contributed by atoms with Crippen LogP contribution in [0.4, 0.5) is 0 Å². The Balaban J connectivity index is 0.000000261. The molecule has 0 radical (unpaired) electrons. The van der Waals surface area contributed by atoms with Gasteiger partial charge in [-0.15, -0.1) is 11.8 Å². The average molecular weight is 185 g/mol. The van der Waals surface area contributed by atoms with Gasteiger partial charge in [0, 0.05) is 24.2 Å². The highest BCUT2D eigenvalue weighted by Crippen LogP contribution is 2.09. The topological polar surface area (TPSA) is 50.2 Å². The second kappa shape index (κ2) is 6.67. The fourth-order valence-electron chi connectivity index (χ4n) is 0.468. The van der Waals surface area contributed by atoms with Crippen LogP contribution in [-0.2, 0) is 4.79 Å². The van der Waals surface area contributed by atoms with Crippen molar-refractivity contribution in [1.82, 2.24) is 4.98 Å². The van der Waals surface area contributed by atoms with Crippen LogP contribution in [0.5, 0.6) is 0 Å². The summed E-state index contributed by atoms with van der Waals surface area (Å²) in [6.07, 6.45) is 5.67. The monoisotopic (exact) mass is 185 g/mol. The highest BCUT2D eigenvalue weighted by molar-refractivity contribution is 7.98. The number of thioether (sulfide) groups is 1. The van der Waals surface area contributed by atoms with Crippen LogP contribution in [0.3, 0.4) is 0 Å². The second-order valence-corrected chi connectivity index (χ2v) is 2.79. The minimum Gasteiger partial charge on any atom is -0.481 e. The predicted octanol–water partition coefficient (Wildman–Crippen LogP) is 1.89. The van der Waals surface area contributed by atoms with Gasteiger partial charge in [0.2, 0.25) is 0 Å². The van der Waals surface area contributed by atoms with Crippen molar-refractivity contribution in [2.75, 3.05) is 6.26 Å². The summed E-state index contributed by atoms with van der Waals surface area (Å²) < 4.78 is 0. The lowest BCUT2D eigenvalue weighted by atomic mass is 10.5. The van der Waals surface area contributed by atoms with Crippen LogP contribution in [0.2, 0.25) is 0 Å². The fraction of sp³-hybridized carbons (Fsp3) is 0.250. The van der Waals surface area contributed by atoms with Gasteiger partial charge < -0.3 is 5.11 Å². The molecule has 0 bridgehead atoms. The highest BCUT2D eigenvalue weighted by Gasteiger charge is 1.81. The van der Waals surface area contributed by atoms with Gasteiger partial charge >= 0.3 is 0 Å². The van der Waals surface area contributed by atoms with E-state index < -0.39 is 5.97 Å². The Labute approximate surface area is 75.8 Å². The van der Waals surface area contributed by atoms with Crippen molar-refractivity contribution in [3.8, 4) is 0 Å². The van der Waals surface area contributed by atoms with Crippen LogP contribution < -0.4 is 0 Å². The van der Waals surface area contributed by atoms with Crippen molar-refractivity contribution < 1.29 is 9.90 Å². The molecule has 4 heteroatoms. The normalized spacial score (nSPS) is 8.17. The molecule has 66 valence electrons. The maximum atomic E-state index is 9.00. The van der Waals surface area contributed by atoms with E-state index in [1.54, 1.807) is 18.0 Å². The molecule has 12 heavy (non-hydrogen) atoms.